The minimum atomic E-state index is 0.0810. The number of hydrogen-bond donors (Lipinski definition) is 2. The Morgan fingerprint density at radius 1 is 1.12 bits per heavy atom. The molecule has 4 N–H and O–H groups in total. The third-order valence-electron chi connectivity index (χ3n) is 2.07. The fraction of sp³-hybridized carbons (Fsp3) is 0.100. The maximum absolute atomic E-state index is 5.53. The van der Waals surface area contributed by atoms with Crippen molar-refractivity contribution in [2.75, 3.05) is 18.6 Å². The molecule has 0 fully saturated rings. The number of nitrogen functional groups attached to an aromatic ring is 2. The first-order chi connectivity index (χ1) is 8.10. The highest BCUT2D eigenvalue weighted by atomic mass is 79.9. The Kier molecular flexibility index (Phi) is 3.10. The second-order valence-corrected chi connectivity index (χ2v) is 4.14. The number of anilines is 2. The summed E-state index contributed by atoms with van der Waals surface area (Å²) >= 11 is 3.36. The van der Waals surface area contributed by atoms with Gasteiger partial charge in [-0.25, -0.2) is 0 Å². The predicted octanol–water partition coefficient (Wildman–Crippen LogP) is 1.47. The molecule has 2 aromatic rings. The van der Waals surface area contributed by atoms with Crippen molar-refractivity contribution in [2.24, 2.45) is 0 Å². The van der Waals surface area contributed by atoms with Crippen LogP contribution in [0.25, 0.3) is 11.4 Å². The smallest absolute Gasteiger partial charge is 0.225 e. The molecule has 1 aromatic heterocycles. The fourth-order valence-electron chi connectivity index (χ4n) is 1.38. The van der Waals surface area contributed by atoms with Gasteiger partial charge < -0.3 is 16.2 Å². The van der Waals surface area contributed by atoms with Gasteiger partial charge in [-0.1, -0.05) is 15.9 Å². The lowest BCUT2D eigenvalue weighted by Crippen LogP contribution is -2.04. The first-order valence-electron chi connectivity index (χ1n) is 4.71. The Morgan fingerprint density at radius 3 is 2.35 bits per heavy atom. The molecule has 17 heavy (non-hydrogen) atoms. The molecule has 1 heterocycles. The van der Waals surface area contributed by atoms with E-state index in [-0.39, 0.29) is 11.9 Å². The summed E-state index contributed by atoms with van der Waals surface area (Å²) in [6.45, 7) is 0. The molecule has 0 amide bonds. The fourth-order valence-corrected chi connectivity index (χ4v) is 1.72. The number of ether oxygens (including phenoxy) is 1. The van der Waals surface area contributed by atoms with E-state index in [0.717, 1.165) is 4.47 Å². The van der Waals surface area contributed by atoms with Crippen LogP contribution in [0.3, 0.4) is 0 Å². The number of halogens is 1. The van der Waals surface area contributed by atoms with Gasteiger partial charge in [-0.2, -0.15) is 15.0 Å². The zero-order valence-corrected chi connectivity index (χ0v) is 10.6. The molecule has 0 aliphatic heterocycles. The third-order valence-corrected chi connectivity index (χ3v) is 2.57. The normalized spacial score (nSPS) is 10.2. The standard InChI is InChI=1S/C10H10BrN5O/c1-17-7-4-5(11)2-3-6(7)8-14-9(12)16-10(13)15-8/h2-4H,1H3,(H4,12,13,14,15,16). The monoisotopic (exact) mass is 295 g/mol. The minimum absolute atomic E-state index is 0.0810. The van der Waals surface area contributed by atoms with Crippen LogP contribution in [0.15, 0.2) is 22.7 Å². The molecule has 2 rings (SSSR count). The number of aromatic nitrogens is 3. The van der Waals surface area contributed by atoms with E-state index >= 15 is 0 Å². The van der Waals surface area contributed by atoms with Gasteiger partial charge in [-0.3, -0.25) is 0 Å². The van der Waals surface area contributed by atoms with Gasteiger partial charge in [0.25, 0.3) is 0 Å². The quantitative estimate of drug-likeness (QED) is 0.870. The molecular formula is C10H10BrN5O. The summed E-state index contributed by atoms with van der Waals surface area (Å²) in [7, 11) is 1.57. The van der Waals surface area contributed by atoms with Gasteiger partial charge in [0, 0.05) is 4.47 Å². The highest BCUT2D eigenvalue weighted by Gasteiger charge is 2.11. The third kappa shape index (κ3) is 2.44. The van der Waals surface area contributed by atoms with Crippen LogP contribution in [0, 0.1) is 0 Å². The molecule has 0 saturated carbocycles. The molecule has 0 aliphatic rings. The van der Waals surface area contributed by atoms with Crippen LogP contribution in [0.4, 0.5) is 11.9 Å². The summed E-state index contributed by atoms with van der Waals surface area (Å²) in [6, 6.07) is 5.48. The van der Waals surface area contributed by atoms with Crippen molar-refractivity contribution >= 4 is 27.8 Å². The number of nitrogens with two attached hydrogens (primary N) is 2. The Bertz CT molecular complexity index is 540. The Morgan fingerprint density at radius 2 is 1.76 bits per heavy atom. The molecule has 0 unspecified atom stereocenters. The lowest BCUT2D eigenvalue weighted by Gasteiger charge is -2.08. The van der Waals surface area contributed by atoms with Crippen LogP contribution < -0.4 is 16.2 Å². The lowest BCUT2D eigenvalue weighted by atomic mass is 10.2. The van der Waals surface area contributed by atoms with E-state index in [1.807, 2.05) is 18.2 Å². The summed E-state index contributed by atoms with van der Waals surface area (Å²) in [5.41, 5.74) is 11.8. The van der Waals surface area contributed by atoms with Crippen LogP contribution in [0.2, 0.25) is 0 Å². The number of hydrogen-bond acceptors (Lipinski definition) is 6. The molecule has 0 radical (unpaired) electrons. The second-order valence-electron chi connectivity index (χ2n) is 3.22. The first kappa shape index (κ1) is 11.6. The molecule has 1 aromatic carbocycles. The van der Waals surface area contributed by atoms with Gasteiger partial charge in [0.1, 0.15) is 5.75 Å². The maximum atomic E-state index is 5.53. The van der Waals surface area contributed by atoms with Crippen LogP contribution in [0.1, 0.15) is 0 Å². The van der Waals surface area contributed by atoms with Crippen molar-refractivity contribution in [1.29, 1.82) is 0 Å². The van der Waals surface area contributed by atoms with E-state index in [4.69, 9.17) is 16.2 Å². The van der Waals surface area contributed by atoms with E-state index in [0.29, 0.717) is 17.1 Å². The average Bonchev–Trinajstić information content (AvgIpc) is 2.27. The molecular weight excluding hydrogens is 286 g/mol. The maximum Gasteiger partial charge on any atom is 0.225 e. The summed E-state index contributed by atoms with van der Waals surface area (Å²) in [6.07, 6.45) is 0. The SMILES string of the molecule is COc1cc(Br)ccc1-c1nc(N)nc(N)n1. The summed E-state index contributed by atoms with van der Waals surface area (Å²) in [5, 5.41) is 0. The van der Waals surface area contributed by atoms with Gasteiger partial charge in [-0.05, 0) is 18.2 Å². The van der Waals surface area contributed by atoms with E-state index < -0.39 is 0 Å². The van der Waals surface area contributed by atoms with Gasteiger partial charge in [-0.15, -0.1) is 0 Å². The number of methoxy groups -OCH3 is 1. The largest absolute Gasteiger partial charge is 0.496 e. The summed E-state index contributed by atoms with van der Waals surface area (Å²) in [4.78, 5) is 11.8. The molecule has 0 bridgehead atoms. The average molecular weight is 296 g/mol. The highest BCUT2D eigenvalue weighted by Crippen LogP contribution is 2.30. The topological polar surface area (TPSA) is 99.9 Å². The van der Waals surface area contributed by atoms with Crippen LogP contribution in [-0.4, -0.2) is 22.1 Å². The predicted molar refractivity (Wildman–Crippen MR) is 68.3 cm³/mol. The zero-order valence-electron chi connectivity index (χ0n) is 9.01. The molecule has 88 valence electrons. The van der Waals surface area contributed by atoms with Crippen LogP contribution in [0.5, 0.6) is 5.75 Å². The van der Waals surface area contributed by atoms with Gasteiger partial charge >= 0.3 is 0 Å². The lowest BCUT2D eigenvalue weighted by molar-refractivity contribution is 0.416. The Hall–Kier alpha value is -1.89. The van der Waals surface area contributed by atoms with Crippen LogP contribution >= 0.6 is 15.9 Å². The molecule has 0 aliphatic carbocycles. The molecule has 6 nitrogen and oxygen atoms in total. The van der Waals surface area contributed by atoms with Gasteiger partial charge in [0.2, 0.25) is 11.9 Å². The Balaban J connectivity index is 2.59. The first-order valence-corrected chi connectivity index (χ1v) is 5.50. The van der Waals surface area contributed by atoms with Crippen molar-refractivity contribution in [3.05, 3.63) is 22.7 Å². The minimum Gasteiger partial charge on any atom is -0.496 e. The van der Waals surface area contributed by atoms with Gasteiger partial charge in [0.15, 0.2) is 5.82 Å². The van der Waals surface area contributed by atoms with Crippen molar-refractivity contribution in [2.45, 2.75) is 0 Å². The number of nitrogens with zero attached hydrogens (tertiary/aromatic N) is 3. The van der Waals surface area contributed by atoms with Crippen molar-refractivity contribution < 1.29 is 4.74 Å². The summed E-state index contributed by atoms with van der Waals surface area (Å²) in [5.74, 6) is 1.18. The second kappa shape index (κ2) is 4.54. The number of benzene rings is 1. The van der Waals surface area contributed by atoms with E-state index in [2.05, 4.69) is 30.9 Å². The van der Waals surface area contributed by atoms with Gasteiger partial charge in [0.05, 0.1) is 12.7 Å². The zero-order chi connectivity index (χ0) is 12.4. The molecule has 0 saturated heterocycles. The van der Waals surface area contributed by atoms with Crippen LogP contribution in [-0.2, 0) is 0 Å². The molecule has 7 heteroatoms. The molecule has 0 spiro atoms. The highest BCUT2D eigenvalue weighted by molar-refractivity contribution is 9.10. The Labute approximate surface area is 106 Å². The number of rotatable bonds is 2. The summed E-state index contributed by atoms with van der Waals surface area (Å²) < 4.78 is 6.14. The van der Waals surface area contributed by atoms with Crippen molar-refractivity contribution in [3.63, 3.8) is 0 Å². The molecule has 0 atom stereocenters. The van der Waals surface area contributed by atoms with Crippen molar-refractivity contribution in [3.8, 4) is 17.1 Å². The van der Waals surface area contributed by atoms with E-state index in [1.165, 1.54) is 0 Å². The van der Waals surface area contributed by atoms with Crippen molar-refractivity contribution in [1.82, 2.24) is 15.0 Å². The van der Waals surface area contributed by atoms with E-state index in [1.54, 1.807) is 7.11 Å². The van der Waals surface area contributed by atoms with E-state index in [9.17, 15) is 0 Å².